The van der Waals surface area contributed by atoms with Gasteiger partial charge in [-0.15, -0.1) is 0 Å². The lowest BCUT2D eigenvalue weighted by Gasteiger charge is -2.24. The number of aliphatic hydroxyl groups is 1. The van der Waals surface area contributed by atoms with Gasteiger partial charge in [-0.25, -0.2) is 0 Å². The van der Waals surface area contributed by atoms with Crippen LogP contribution >= 0.6 is 0 Å². The molecule has 1 rings (SSSR count). The highest BCUT2D eigenvalue weighted by molar-refractivity contribution is 5.86. The predicted octanol–water partition coefficient (Wildman–Crippen LogP) is 5.17. The van der Waals surface area contributed by atoms with E-state index in [0.29, 0.717) is 19.3 Å². The van der Waals surface area contributed by atoms with Crippen molar-refractivity contribution in [2.75, 3.05) is 0 Å². The molecule has 0 aromatic carbocycles. The van der Waals surface area contributed by atoms with Crippen LogP contribution in [0.1, 0.15) is 103 Å². The van der Waals surface area contributed by atoms with E-state index < -0.39 is 5.60 Å². The Kier molecular flexibility index (Phi) is 9.17. The summed E-state index contributed by atoms with van der Waals surface area (Å²) in [6.07, 6.45) is 16.4. The van der Waals surface area contributed by atoms with Gasteiger partial charge in [0.05, 0.1) is 0 Å². The van der Waals surface area contributed by atoms with E-state index in [-0.39, 0.29) is 5.78 Å². The molecule has 1 aliphatic carbocycles. The SMILES string of the molecule is CCCCCCCCCCC(=O)C1(O)CCCCCC1. The van der Waals surface area contributed by atoms with Crippen LogP contribution < -0.4 is 0 Å². The Morgan fingerprint density at radius 2 is 1.35 bits per heavy atom. The second kappa shape index (κ2) is 10.4. The van der Waals surface area contributed by atoms with E-state index in [1.807, 2.05) is 0 Å². The van der Waals surface area contributed by atoms with Crippen LogP contribution in [-0.2, 0) is 4.79 Å². The number of Topliss-reactive ketones (excluding diaryl/α,β-unsaturated/α-hetero) is 1. The molecule has 0 amide bonds. The number of ketones is 1. The zero-order valence-corrected chi connectivity index (χ0v) is 13.5. The molecule has 0 aromatic heterocycles. The minimum atomic E-state index is -0.975. The fraction of sp³-hybridized carbons (Fsp3) is 0.944. The number of rotatable bonds is 10. The van der Waals surface area contributed by atoms with Crippen LogP contribution in [-0.4, -0.2) is 16.5 Å². The monoisotopic (exact) mass is 282 g/mol. The highest BCUT2D eigenvalue weighted by Crippen LogP contribution is 2.29. The summed E-state index contributed by atoms with van der Waals surface area (Å²) in [5, 5.41) is 10.5. The Morgan fingerprint density at radius 3 is 1.90 bits per heavy atom. The molecule has 0 unspecified atom stereocenters. The first kappa shape index (κ1) is 17.7. The molecule has 1 N–H and O–H groups in total. The van der Waals surface area contributed by atoms with Gasteiger partial charge in [-0.1, -0.05) is 77.6 Å². The van der Waals surface area contributed by atoms with Crippen molar-refractivity contribution in [1.29, 1.82) is 0 Å². The van der Waals surface area contributed by atoms with E-state index >= 15 is 0 Å². The van der Waals surface area contributed by atoms with Crippen LogP contribution in [0.3, 0.4) is 0 Å². The Hall–Kier alpha value is -0.370. The van der Waals surface area contributed by atoms with Crippen molar-refractivity contribution in [3.8, 4) is 0 Å². The summed E-state index contributed by atoms with van der Waals surface area (Å²) < 4.78 is 0. The first-order valence-corrected chi connectivity index (χ1v) is 8.95. The summed E-state index contributed by atoms with van der Waals surface area (Å²) in [5.41, 5.74) is -0.975. The van der Waals surface area contributed by atoms with E-state index in [2.05, 4.69) is 6.92 Å². The maximum atomic E-state index is 12.2. The molecule has 20 heavy (non-hydrogen) atoms. The van der Waals surface area contributed by atoms with Gasteiger partial charge >= 0.3 is 0 Å². The zero-order valence-electron chi connectivity index (χ0n) is 13.5. The molecule has 0 atom stereocenters. The molecule has 0 aliphatic heterocycles. The Labute approximate surface area is 125 Å². The van der Waals surface area contributed by atoms with Crippen molar-refractivity contribution in [2.45, 2.75) is 109 Å². The van der Waals surface area contributed by atoms with Gasteiger partial charge < -0.3 is 5.11 Å². The molecule has 2 nitrogen and oxygen atoms in total. The summed E-state index contributed by atoms with van der Waals surface area (Å²) in [4.78, 5) is 12.2. The van der Waals surface area contributed by atoms with Crippen LogP contribution in [0, 0.1) is 0 Å². The molecule has 1 fully saturated rings. The van der Waals surface area contributed by atoms with Gasteiger partial charge in [-0.2, -0.15) is 0 Å². The van der Waals surface area contributed by atoms with Gasteiger partial charge in [0.15, 0.2) is 5.78 Å². The van der Waals surface area contributed by atoms with Crippen molar-refractivity contribution in [1.82, 2.24) is 0 Å². The third kappa shape index (κ3) is 6.88. The van der Waals surface area contributed by atoms with Crippen molar-refractivity contribution in [3.05, 3.63) is 0 Å². The van der Waals surface area contributed by atoms with Crippen molar-refractivity contribution >= 4 is 5.78 Å². The maximum absolute atomic E-state index is 12.2. The molecule has 0 radical (unpaired) electrons. The second-order valence-electron chi connectivity index (χ2n) is 6.59. The molecule has 0 saturated heterocycles. The van der Waals surface area contributed by atoms with Gasteiger partial charge in [0, 0.05) is 6.42 Å². The lowest BCUT2D eigenvalue weighted by atomic mass is 9.87. The Bertz CT molecular complexity index is 252. The van der Waals surface area contributed by atoms with Crippen LogP contribution in [0.5, 0.6) is 0 Å². The molecule has 1 saturated carbocycles. The fourth-order valence-electron chi connectivity index (χ4n) is 3.24. The highest BCUT2D eigenvalue weighted by Gasteiger charge is 2.34. The van der Waals surface area contributed by atoms with Gasteiger partial charge in [-0.3, -0.25) is 4.79 Å². The van der Waals surface area contributed by atoms with Crippen molar-refractivity contribution < 1.29 is 9.90 Å². The molecule has 0 spiro atoms. The largest absolute Gasteiger partial charge is 0.382 e. The van der Waals surface area contributed by atoms with Crippen LogP contribution in [0.4, 0.5) is 0 Å². The molecule has 0 bridgehead atoms. The molecular formula is C18H34O2. The van der Waals surface area contributed by atoms with Gasteiger partial charge in [0.1, 0.15) is 5.60 Å². The fourth-order valence-corrected chi connectivity index (χ4v) is 3.24. The zero-order chi connectivity index (χ0) is 14.7. The number of carbonyl (C=O) groups is 1. The second-order valence-corrected chi connectivity index (χ2v) is 6.59. The molecule has 1 aliphatic rings. The van der Waals surface area contributed by atoms with Crippen molar-refractivity contribution in [3.63, 3.8) is 0 Å². The first-order chi connectivity index (χ1) is 9.69. The van der Waals surface area contributed by atoms with Gasteiger partial charge in [-0.05, 0) is 19.3 Å². The standard InChI is InChI=1S/C18H34O2/c1-2-3-4-5-6-7-8-11-14-17(19)18(20)15-12-9-10-13-16-18/h20H,2-16H2,1H3. The van der Waals surface area contributed by atoms with E-state index in [1.54, 1.807) is 0 Å². The normalized spacial score (nSPS) is 18.7. The van der Waals surface area contributed by atoms with Crippen LogP contribution in [0.15, 0.2) is 0 Å². The van der Waals surface area contributed by atoms with E-state index in [4.69, 9.17) is 0 Å². The van der Waals surface area contributed by atoms with Crippen LogP contribution in [0.2, 0.25) is 0 Å². The number of unbranched alkanes of at least 4 members (excludes halogenated alkanes) is 7. The predicted molar refractivity (Wildman–Crippen MR) is 84.9 cm³/mol. The summed E-state index contributed by atoms with van der Waals surface area (Å²) in [6, 6.07) is 0. The van der Waals surface area contributed by atoms with Crippen molar-refractivity contribution in [2.24, 2.45) is 0 Å². The van der Waals surface area contributed by atoms with E-state index in [0.717, 1.165) is 25.7 Å². The lowest BCUT2D eigenvalue weighted by Crippen LogP contribution is -2.37. The quantitative estimate of drug-likeness (QED) is 0.443. The molecule has 2 heteroatoms. The number of carbonyl (C=O) groups excluding carboxylic acids is 1. The average molecular weight is 282 g/mol. The minimum Gasteiger partial charge on any atom is -0.382 e. The number of hydrogen-bond acceptors (Lipinski definition) is 2. The third-order valence-corrected chi connectivity index (χ3v) is 4.71. The van der Waals surface area contributed by atoms with Gasteiger partial charge in [0.2, 0.25) is 0 Å². The topological polar surface area (TPSA) is 37.3 Å². The molecule has 118 valence electrons. The summed E-state index contributed by atoms with van der Waals surface area (Å²) in [5.74, 6) is 0.116. The highest BCUT2D eigenvalue weighted by atomic mass is 16.3. The molecular weight excluding hydrogens is 248 g/mol. The summed E-state index contributed by atoms with van der Waals surface area (Å²) in [7, 11) is 0. The maximum Gasteiger partial charge on any atom is 0.164 e. The molecule has 0 aromatic rings. The van der Waals surface area contributed by atoms with E-state index in [9.17, 15) is 9.90 Å². The third-order valence-electron chi connectivity index (χ3n) is 4.71. The molecule has 0 heterocycles. The average Bonchev–Trinajstić information content (AvgIpc) is 2.67. The summed E-state index contributed by atoms with van der Waals surface area (Å²) in [6.45, 7) is 2.24. The summed E-state index contributed by atoms with van der Waals surface area (Å²) >= 11 is 0. The minimum absolute atomic E-state index is 0.116. The van der Waals surface area contributed by atoms with E-state index in [1.165, 1.54) is 51.4 Å². The number of hydrogen-bond donors (Lipinski definition) is 1. The first-order valence-electron chi connectivity index (χ1n) is 8.95. The Balaban J connectivity index is 2.07. The Morgan fingerprint density at radius 1 is 0.850 bits per heavy atom. The van der Waals surface area contributed by atoms with Crippen LogP contribution in [0.25, 0.3) is 0 Å². The smallest absolute Gasteiger partial charge is 0.164 e. The van der Waals surface area contributed by atoms with Gasteiger partial charge in [0.25, 0.3) is 0 Å². The lowest BCUT2D eigenvalue weighted by molar-refractivity contribution is -0.138.